The van der Waals surface area contributed by atoms with Crippen molar-refractivity contribution in [3.8, 4) is 16.9 Å². The van der Waals surface area contributed by atoms with E-state index in [9.17, 15) is 27.6 Å². The highest BCUT2D eigenvalue weighted by molar-refractivity contribution is 5.95. The van der Waals surface area contributed by atoms with E-state index in [1.165, 1.54) is 52.3 Å². The maximum atomic E-state index is 13.9. The van der Waals surface area contributed by atoms with E-state index in [1.807, 2.05) is 82.6 Å². The van der Waals surface area contributed by atoms with Crippen LogP contribution in [0.4, 0.5) is 13.2 Å². The molecule has 2 heterocycles. The molecule has 0 unspecified atom stereocenters. The van der Waals surface area contributed by atoms with Crippen LogP contribution in [0.25, 0.3) is 11.1 Å². The molecule has 13 heteroatoms. The molecule has 2 saturated heterocycles. The molecule has 0 spiro atoms. The summed E-state index contributed by atoms with van der Waals surface area (Å²) in [5, 5.41) is 10.6. The van der Waals surface area contributed by atoms with E-state index in [4.69, 9.17) is 19.4 Å². The van der Waals surface area contributed by atoms with Crippen LogP contribution >= 0.6 is 0 Å². The number of hydrogen-bond donors (Lipinski definition) is 2. The van der Waals surface area contributed by atoms with E-state index in [1.54, 1.807) is 19.2 Å². The van der Waals surface area contributed by atoms with Crippen molar-refractivity contribution in [3.05, 3.63) is 125 Å². The van der Waals surface area contributed by atoms with Gasteiger partial charge in [-0.25, -0.2) is 9.59 Å². The number of aliphatic carboxylic acids is 1. The molecule has 4 aromatic carbocycles. The highest BCUT2D eigenvalue weighted by Gasteiger charge is 2.38. The van der Waals surface area contributed by atoms with Crippen molar-refractivity contribution >= 4 is 23.8 Å². The summed E-state index contributed by atoms with van der Waals surface area (Å²) in [6.07, 6.45) is 3.87. The fourth-order valence-electron chi connectivity index (χ4n) is 7.76. The van der Waals surface area contributed by atoms with E-state index < -0.39 is 18.1 Å². The molecule has 0 saturated carbocycles. The van der Waals surface area contributed by atoms with Crippen LogP contribution in [-0.4, -0.2) is 85.2 Å². The van der Waals surface area contributed by atoms with Crippen LogP contribution in [-0.2, 0) is 33.8 Å². The normalized spacial score (nSPS) is 14.7. The summed E-state index contributed by atoms with van der Waals surface area (Å²) >= 11 is 0. The number of amides is 2. The van der Waals surface area contributed by atoms with Crippen LogP contribution in [0.2, 0.25) is 0 Å². The third-order valence-corrected chi connectivity index (χ3v) is 11.2. The van der Waals surface area contributed by atoms with Crippen LogP contribution in [0.1, 0.15) is 82.4 Å². The minimum absolute atomic E-state index is 0.0289. The molecule has 0 atom stereocenters. The lowest BCUT2D eigenvalue weighted by atomic mass is 9.87. The second-order valence-electron chi connectivity index (χ2n) is 15.4. The number of nitrogens with zero attached hydrogens (tertiary/aromatic N) is 2. The molecule has 0 aromatic heterocycles. The minimum Gasteiger partial charge on any atom is -0.497 e. The molecule has 4 aromatic rings. The fraction of sp³-hybridized carbons (Fsp3) is 0.404. The summed E-state index contributed by atoms with van der Waals surface area (Å²) in [5.74, 6) is -0.777. The van der Waals surface area contributed by atoms with Gasteiger partial charge >= 0.3 is 18.1 Å². The number of halogens is 3. The van der Waals surface area contributed by atoms with Crippen molar-refractivity contribution in [2.75, 3.05) is 40.4 Å². The predicted octanol–water partition coefficient (Wildman–Crippen LogP) is 8.58. The molecular formula is C47H54F3N3O7. The van der Waals surface area contributed by atoms with Crippen LogP contribution in [0, 0.1) is 11.8 Å². The maximum Gasteiger partial charge on any atom is 0.490 e. The molecule has 0 aliphatic carbocycles. The summed E-state index contributed by atoms with van der Waals surface area (Å²) < 4.78 is 42.0. The van der Waals surface area contributed by atoms with Gasteiger partial charge in [-0.15, -0.1) is 0 Å². The molecule has 0 radical (unpaired) electrons. The summed E-state index contributed by atoms with van der Waals surface area (Å²) in [7, 11) is 2.98. The quantitative estimate of drug-likeness (QED) is 0.121. The van der Waals surface area contributed by atoms with Gasteiger partial charge in [-0.2, -0.15) is 13.2 Å². The average Bonchev–Trinajstić information content (AvgIpc) is 3.26. The zero-order valence-corrected chi connectivity index (χ0v) is 34.2. The van der Waals surface area contributed by atoms with Gasteiger partial charge in [-0.3, -0.25) is 9.59 Å². The van der Waals surface area contributed by atoms with Crippen LogP contribution in [0.5, 0.6) is 5.75 Å². The number of carbonyl (C=O) groups is 4. The number of nitrogens with one attached hydrogen (secondary N) is 1. The number of carboxylic acid groups (broad SMARTS) is 1. The molecule has 60 heavy (non-hydrogen) atoms. The molecular weight excluding hydrogens is 776 g/mol. The van der Waals surface area contributed by atoms with Crippen LogP contribution in [0.15, 0.2) is 97.1 Å². The molecule has 6 rings (SSSR count). The second kappa shape index (κ2) is 22.1. The lowest BCUT2D eigenvalue weighted by molar-refractivity contribution is -0.192. The summed E-state index contributed by atoms with van der Waals surface area (Å²) in [4.78, 5) is 52.3. The zero-order valence-electron chi connectivity index (χ0n) is 34.2. The Bertz CT molecular complexity index is 2040. The molecule has 2 aliphatic heterocycles. The van der Waals surface area contributed by atoms with Gasteiger partial charge in [-0.1, -0.05) is 73.9 Å². The van der Waals surface area contributed by atoms with E-state index in [0.717, 1.165) is 65.6 Å². The monoisotopic (exact) mass is 829 g/mol. The number of piperidine rings is 2. The Kier molecular flexibility index (Phi) is 16.7. The van der Waals surface area contributed by atoms with Crippen molar-refractivity contribution in [3.63, 3.8) is 0 Å². The number of methoxy groups -OCH3 is 2. The van der Waals surface area contributed by atoms with Crippen molar-refractivity contribution in [2.45, 2.75) is 70.6 Å². The second-order valence-corrected chi connectivity index (χ2v) is 15.4. The summed E-state index contributed by atoms with van der Waals surface area (Å²) in [6.45, 7) is 4.73. The largest absolute Gasteiger partial charge is 0.497 e. The van der Waals surface area contributed by atoms with Crippen molar-refractivity contribution in [1.82, 2.24) is 15.1 Å². The van der Waals surface area contributed by atoms with Gasteiger partial charge in [0, 0.05) is 31.7 Å². The Morgan fingerprint density at radius 3 is 1.95 bits per heavy atom. The summed E-state index contributed by atoms with van der Waals surface area (Å²) in [6, 6.07) is 30.8. The first-order valence-electron chi connectivity index (χ1n) is 20.4. The first-order chi connectivity index (χ1) is 28.8. The third-order valence-electron chi connectivity index (χ3n) is 11.2. The fourth-order valence-corrected chi connectivity index (χ4v) is 7.76. The van der Waals surface area contributed by atoms with Gasteiger partial charge in [-0.05, 0) is 121 Å². The van der Waals surface area contributed by atoms with Gasteiger partial charge in [0.15, 0.2) is 0 Å². The van der Waals surface area contributed by atoms with Crippen molar-refractivity contribution in [1.29, 1.82) is 0 Å². The van der Waals surface area contributed by atoms with Gasteiger partial charge in [0.25, 0.3) is 5.91 Å². The molecule has 2 aliphatic rings. The number of alkyl halides is 3. The van der Waals surface area contributed by atoms with Gasteiger partial charge in [0.2, 0.25) is 5.91 Å². The number of esters is 1. The highest BCUT2D eigenvalue weighted by Crippen LogP contribution is 2.28. The molecule has 2 amide bonds. The average molecular weight is 830 g/mol. The standard InChI is InChI=1S/C45H53N3O5.C2HF3O2/c1-52-42-14-5-9-36(28-42)29-43(49)48(31-35-15-17-38(18-16-35)45(51)53-2)32-37-10-4-11-39(27-37)40-12-6-13-41(30-40)44(50)47-25-21-34(22-26-47)8-3-7-33-19-23-46-24-20-33;3-2(4,5)1(6)7/h4-6,9-18,27-28,30,33-34,46H,3,7-8,19-26,29,31-32H2,1-2H3;(H,6,7). The Labute approximate surface area is 349 Å². The smallest absolute Gasteiger partial charge is 0.490 e. The molecule has 10 nitrogen and oxygen atoms in total. The van der Waals surface area contributed by atoms with E-state index in [-0.39, 0.29) is 18.2 Å². The Morgan fingerprint density at radius 2 is 1.32 bits per heavy atom. The number of rotatable bonds is 14. The van der Waals surface area contributed by atoms with Gasteiger partial charge in [0.05, 0.1) is 26.2 Å². The third kappa shape index (κ3) is 13.7. The number of hydrogen-bond acceptors (Lipinski definition) is 7. The zero-order chi connectivity index (χ0) is 43.1. The van der Waals surface area contributed by atoms with Crippen LogP contribution < -0.4 is 10.1 Å². The lowest BCUT2D eigenvalue weighted by Gasteiger charge is -2.32. The number of carboxylic acids is 1. The summed E-state index contributed by atoms with van der Waals surface area (Å²) in [5.41, 5.74) is 5.88. The van der Waals surface area contributed by atoms with Crippen LogP contribution in [0.3, 0.4) is 0 Å². The SMILES string of the molecule is COC(=O)c1ccc(CN(Cc2cccc(-c3cccc(C(=O)N4CCC(CCCC5CCNCC5)CC4)c3)c2)C(=O)Cc2cccc(OC)c2)cc1.O=C(O)C(F)(F)F. The van der Waals surface area contributed by atoms with Gasteiger partial charge < -0.3 is 29.7 Å². The molecule has 2 N–H and O–H groups in total. The van der Waals surface area contributed by atoms with Crippen molar-refractivity contribution in [2.24, 2.45) is 11.8 Å². The Morgan fingerprint density at radius 1 is 0.733 bits per heavy atom. The van der Waals surface area contributed by atoms with E-state index >= 15 is 0 Å². The maximum absolute atomic E-state index is 13.9. The minimum atomic E-state index is -5.08. The van der Waals surface area contributed by atoms with Gasteiger partial charge in [0.1, 0.15) is 5.75 Å². The van der Waals surface area contributed by atoms with E-state index in [0.29, 0.717) is 30.0 Å². The number of likely N-dealkylation sites (tertiary alicyclic amines) is 1. The molecule has 2 fully saturated rings. The van der Waals surface area contributed by atoms with E-state index in [2.05, 4.69) is 17.4 Å². The first-order valence-corrected chi connectivity index (χ1v) is 20.4. The number of ether oxygens (including phenoxy) is 2. The molecule has 0 bridgehead atoms. The molecule has 320 valence electrons. The number of benzene rings is 4. The van der Waals surface area contributed by atoms with Crippen molar-refractivity contribution < 1.29 is 46.9 Å². The Hall–Kier alpha value is -5.69. The lowest BCUT2D eigenvalue weighted by Crippen LogP contribution is -2.38. The Balaban J connectivity index is 0.000000896. The highest BCUT2D eigenvalue weighted by atomic mass is 19.4. The topological polar surface area (TPSA) is 125 Å². The first kappa shape index (κ1) is 45.4. The number of carbonyl (C=O) groups excluding carboxylic acids is 3. The predicted molar refractivity (Wildman–Crippen MR) is 222 cm³/mol.